The number of carbonyl (C=O) groups is 2. The number of carboxylic acid groups (broad SMARTS) is 1. The van der Waals surface area contributed by atoms with Gasteiger partial charge in [-0.1, -0.05) is 26.2 Å². The number of rotatable bonds is 8. The van der Waals surface area contributed by atoms with Gasteiger partial charge in [-0.25, -0.2) is 4.79 Å². The van der Waals surface area contributed by atoms with E-state index in [0.717, 1.165) is 0 Å². The first-order valence-electron chi connectivity index (χ1n) is 8.37. The number of aliphatic carboxylic acids is 1. The number of esters is 1. The highest BCUT2D eigenvalue weighted by Crippen LogP contribution is 2.50. The van der Waals surface area contributed by atoms with E-state index in [-0.39, 0.29) is 18.6 Å². The first kappa shape index (κ1) is 22.1. The summed E-state index contributed by atoms with van der Waals surface area (Å²) in [4.78, 5) is 23.6. The molecule has 4 N–H and O–H groups in total. The Morgan fingerprint density at radius 1 is 1.35 bits per heavy atom. The van der Waals surface area contributed by atoms with Gasteiger partial charge in [0.15, 0.2) is 0 Å². The molecule has 0 aromatic rings. The fraction of sp³-hybridized carbons (Fsp3) is 0.579. The molecule has 0 radical (unpaired) electrons. The minimum atomic E-state index is -1.32. The number of hydrogen-bond donors (Lipinski definition) is 4. The van der Waals surface area contributed by atoms with Crippen LogP contribution in [0.3, 0.4) is 0 Å². The van der Waals surface area contributed by atoms with Crippen molar-refractivity contribution in [3.63, 3.8) is 0 Å². The van der Waals surface area contributed by atoms with Crippen molar-refractivity contribution in [3.05, 3.63) is 37.0 Å². The number of aliphatic hydroxyl groups excluding tert-OH is 3. The van der Waals surface area contributed by atoms with Gasteiger partial charge in [0.25, 0.3) is 0 Å². The average Bonchev–Trinajstić information content (AvgIpc) is 2.59. The maximum absolute atomic E-state index is 12.1. The van der Waals surface area contributed by atoms with Gasteiger partial charge in [-0.2, -0.15) is 0 Å². The van der Waals surface area contributed by atoms with Gasteiger partial charge in [-0.3, -0.25) is 4.79 Å². The number of hydrogen-bond acceptors (Lipinski definition) is 6. The zero-order valence-electron chi connectivity index (χ0n) is 15.2. The highest BCUT2D eigenvalue weighted by atomic mass is 16.5. The molecule has 0 spiro atoms. The van der Waals surface area contributed by atoms with E-state index in [0.29, 0.717) is 5.57 Å². The van der Waals surface area contributed by atoms with Crippen LogP contribution < -0.4 is 0 Å². The van der Waals surface area contributed by atoms with Crippen molar-refractivity contribution in [1.82, 2.24) is 0 Å². The van der Waals surface area contributed by atoms with E-state index in [1.807, 2.05) is 0 Å². The largest absolute Gasteiger partial charge is 0.478 e. The van der Waals surface area contributed by atoms with Crippen LogP contribution in [0.2, 0.25) is 0 Å². The number of carbonyl (C=O) groups excluding carboxylic acids is 1. The van der Waals surface area contributed by atoms with E-state index in [1.165, 1.54) is 6.92 Å². The Hall–Kier alpha value is -1.96. The van der Waals surface area contributed by atoms with E-state index in [9.17, 15) is 24.9 Å². The van der Waals surface area contributed by atoms with Crippen LogP contribution in [0, 0.1) is 23.2 Å². The third-order valence-electron chi connectivity index (χ3n) is 5.19. The Morgan fingerprint density at radius 3 is 2.35 bits per heavy atom. The first-order chi connectivity index (χ1) is 12.0. The third-order valence-corrected chi connectivity index (χ3v) is 5.19. The average molecular weight is 368 g/mol. The van der Waals surface area contributed by atoms with Crippen molar-refractivity contribution in [2.45, 2.75) is 32.5 Å². The second-order valence-electron chi connectivity index (χ2n) is 7.11. The Morgan fingerprint density at radius 2 is 1.92 bits per heavy atom. The molecule has 1 saturated carbocycles. The van der Waals surface area contributed by atoms with Gasteiger partial charge in [0, 0.05) is 11.5 Å². The molecule has 0 aromatic carbocycles. The monoisotopic (exact) mass is 368 g/mol. The second kappa shape index (κ2) is 8.62. The van der Waals surface area contributed by atoms with Gasteiger partial charge < -0.3 is 25.2 Å². The Labute approximate surface area is 153 Å². The lowest BCUT2D eigenvalue weighted by Gasteiger charge is -2.50. The number of carboxylic acids is 1. The molecule has 7 nitrogen and oxygen atoms in total. The number of aliphatic hydroxyl groups is 3. The minimum absolute atomic E-state index is 0.165. The molecular weight excluding hydrogens is 340 g/mol. The lowest BCUT2D eigenvalue weighted by molar-refractivity contribution is -0.169. The highest BCUT2D eigenvalue weighted by Gasteiger charge is 2.53. The minimum Gasteiger partial charge on any atom is -0.478 e. The maximum atomic E-state index is 12.1. The Bertz CT molecular complexity index is 597. The molecule has 7 heteroatoms. The molecule has 26 heavy (non-hydrogen) atoms. The van der Waals surface area contributed by atoms with Gasteiger partial charge in [0.05, 0.1) is 31.2 Å². The second-order valence-corrected chi connectivity index (χ2v) is 7.11. The number of allylic oxidation sites excluding steroid dienone is 1. The molecule has 0 heterocycles. The van der Waals surface area contributed by atoms with Crippen LogP contribution in [0.4, 0.5) is 0 Å². The van der Waals surface area contributed by atoms with Crippen LogP contribution in [0.5, 0.6) is 0 Å². The maximum Gasteiger partial charge on any atom is 0.331 e. The van der Waals surface area contributed by atoms with Crippen LogP contribution in [0.1, 0.15) is 20.3 Å². The molecule has 0 aliphatic heterocycles. The van der Waals surface area contributed by atoms with Crippen molar-refractivity contribution >= 4 is 11.9 Å². The molecule has 0 aromatic heterocycles. The van der Waals surface area contributed by atoms with Crippen LogP contribution in [0.25, 0.3) is 0 Å². The van der Waals surface area contributed by atoms with Gasteiger partial charge in [-0.15, -0.1) is 6.58 Å². The summed E-state index contributed by atoms with van der Waals surface area (Å²) in [6.45, 7) is 13.5. The molecule has 146 valence electrons. The summed E-state index contributed by atoms with van der Waals surface area (Å²) in [5, 5.41) is 38.9. The SMILES string of the molecule is C=C[C@]1(C)C[C@@H](OC(=O)[C@@H](C)CO)[C@@H](C(=C)C(=O)O)[C@@H](O)[C@H]1C(=C)CO. The van der Waals surface area contributed by atoms with Crippen LogP contribution in [0.15, 0.2) is 37.0 Å². The standard InChI is InChI=1S/C19H28O7/c1-6-19(5)7-13(26-18(25)11(3)9-21)14(12(4)17(23)24)16(22)15(19)10(2)8-20/h6,11,13-16,20-22H,1-2,4,7-9H2,3,5H3,(H,23,24)/t11-,13+,14+,15+,16+,19+/m0/s1. The normalized spacial score (nSPS) is 32.3. The molecule has 1 aliphatic rings. The van der Waals surface area contributed by atoms with Crippen LogP contribution in [-0.4, -0.2) is 57.8 Å². The van der Waals surface area contributed by atoms with E-state index >= 15 is 0 Å². The Balaban J connectivity index is 3.35. The fourth-order valence-electron chi connectivity index (χ4n) is 3.55. The van der Waals surface area contributed by atoms with Crippen LogP contribution >= 0.6 is 0 Å². The Kier molecular flexibility index (Phi) is 7.32. The zero-order chi connectivity index (χ0) is 20.2. The van der Waals surface area contributed by atoms with Gasteiger partial charge in [0.2, 0.25) is 0 Å². The molecule has 1 aliphatic carbocycles. The van der Waals surface area contributed by atoms with Gasteiger partial charge >= 0.3 is 11.9 Å². The quantitative estimate of drug-likeness (QED) is 0.285. The lowest BCUT2D eigenvalue weighted by Crippen LogP contribution is -2.54. The van der Waals surface area contributed by atoms with Crippen LogP contribution in [-0.2, 0) is 14.3 Å². The summed E-state index contributed by atoms with van der Waals surface area (Å²) in [5.41, 5.74) is -0.757. The van der Waals surface area contributed by atoms with E-state index in [2.05, 4.69) is 19.7 Å². The molecule has 0 bridgehead atoms. The summed E-state index contributed by atoms with van der Waals surface area (Å²) in [7, 11) is 0. The predicted octanol–water partition coefficient (Wildman–Crippen LogP) is 0.905. The number of ether oxygens (including phenoxy) is 1. The molecule has 0 unspecified atom stereocenters. The summed E-state index contributed by atoms with van der Waals surface area (Å²) >= 11 is 0. The smallest absolute Gasteiger partial charge is 0.331 e. The molecule has 1 fully saturated rings. The zero-order valence-corrected chi connectivity index (χ0v) is 15.2. The lowest BCUT2D eigenvalue weighted by atomic mass is 9.58. The molecular formula is C19H28O7. The topological polar surface area (TPSA) is 124 Å². The van der Waals surface area contributed by atoms with Crippen molar-refractivity contribution in [2.24, 2.45) is 23.2 Å². The van der Waals surface area contributed by atoms with E-state index < -0.39 is 53.9 Å². The fourth-order valence-corrected chi connectivity index (χ4v) is 3.55. The molecule has 1 rings (SSSR count). The first-order valence-corrected chi connectivity index (χ1v) is 8.37. The van der Waals surface area contributed by atoms with Gasteiger partial charge in [-0.05, 0) is 24.3 Å². The summed E-state index contributed by atoms with van der Waals surface area (Å²) in [6, 6.07) is 0. The molecule has 0 saturated heterocycles. The van der Waals surface area contributed by atoms with Crippen molar-refractivity contribution in [3.8, 4) is 0 Å². The van der Waals surface area contributed by atoms with Crippen molar-refractivity contribution in [1.29, 1.82) is 0 Å². The summed E-state index contributed by atoms with van der Waals surface area (Å²) in [6.07, 6.45) is -0.520. The van der Waals surface area contributed by atoms with Gasteiger partial charge in [0.1, 0.15) is 6.10 Å². The van der Waals surface area contributed by atoms with Crippen molar-refractivity contribution in [2.75, 3.05) is 13.2 Å². The summed E-state index contributed by atoms with van der Waals surface area (Å²) in [5.74, 6) is -4.56. The van der Waals surface area contributed by atoms with Crippen molar-refractivity contribution < 1.29 is 34.8 Å². The predicted molar refractivity (Wildman–Crippen MR) is 95.0 cm³/mol. The third kappa shape index (κ3) is 4.23. The molecule has 0 amide bonds. The highest BCUT2D eigenvalue weighted by molar-refractivity contribution is 5.87. The van der Waals surface area contributed by atoms with E-state index in [1.54, 1.807) is 13.0 Å². The van der Waals surface area contributed by atoms with E-state index in [4.69, 9.17) is 9.84 Å². The summed E-state index contributed by atoms with van der Waals surface area (Å²) < 4.78 is 5.43. The molecule has 6 atom stereocenters.